The molecule has 0 saturated carbocycles. The number of aromatic hydroxyl groups is 1. The average Bonchev–Trinajstić information content (AvgIpc) is 2.79. The van der Waals surface area contributed by atoms with E-state index in [2.05, 4.69) is 10.2 Å². The molecule has 2 aromatic rings. The molecule has 3 heterocycles. The Morgan fingerprint density at radius 3 is 2.79 bits per heavy atom. The van der Waals surface area contributed by atoms with E-state index in [4.69, 9.17) is 4.74 Å². The van der Waals surface area contributed by atoms with Crippen LogP contribution in [0.25, 0.3) is 0 Å². The largest absolute Gasteiger partial charge is 0.503 e. The topological polar surface area (TPSA) is 104 Å². The van der Waals surface area contributed by atoms with Crippen LogP contribution in [0.1, 0.15) is 32.8 Å². The Balaban J connectivity index is 1.61. The zero-order chi connectivity index (χ0) is 23.7. The number of methoxy groups -OCH3 is 1. The number of carbonyl (C=O) groups excluding carboxylic acids is 2. The zero-order valence-corrected chi connectivity index (χ0v) is 18.0. The summed E-state index contributed by atoms with van der Waals surface area (Å²) in [6.07, 6.45) is 1.68. The number of halogens is 2. The number of ether oxygens (including phenoxy) is 1. The molecule has 2 N–H and O–H groups in total. The molecule has 0 radical (unpaired) electrons. The number of nitrogens with one attached hydrogen (secondary N) is 1. The van der Waals surface area contributed by atoms with Gasteiger partial charge in [-0.3, -0.25) is 19.3 Å². The van der Waals surface area contributed by atoms with Gasteiger partial charge in [0.1, 0.15) is 23.4 Å². The van der Waals surface area contributed by atoms with Crippen LogP contribution in [0, 0.1) is 11.6 Å². The smallest absolute Gasteiger partial charge is 0.275 e. The minimum absolute atomic E-state index is 0.0360. The molecule has 0 bridgehead atoms. The summed E-state index contributed by atoms with van der Waals surface area (Å²) >= 11 is 0. The number of hydrogen-bond acceptors (Lipinski definition) is 6. The molecule has 2 amide bonds. The monoisotopic (exact) mass is 462 g/mol. The van der Waals surface area contributed by atoms with E-state index in [0.717, 1.165) is 19.0 Å². The Kier molecular flexibility index (Phi) is 6.43. The Bertz CT molecular complexity index is 1150. The lowest BCUT2D eigenvalue weighted by atomic mass is 10.1. The van der Waals surface area contributed by atoms with Gasteiger partial charge >= 0.3 is 0 Å². The number of amides is 2. The summed E-state index contributed by atoms with van der Waals surface area (Å²) in [6, 6.07) is 2.94. The molecule has 1 saturated heterocycles. The first-order valence-corrected chi connectivity index (χ1v) is 10.5. The van der Waals surface area contributed by atoms with Crippen LogP contribution in [0.5, 0.6) is 5.75 Å². The lowest BCUT2D eigenvalue weighted by molar-refractivity contribution is -0.0186. The Morgan fingerprint density at radius 2 is 2.06 bits per heavy atom. The van der Waals surface area contributed by atoms with Crippen molar-refractivity contribution in [2.24, 2.45) is 0 Å². The van der Waals surface area contributed by atoms with Crippen LogP contribution in [0.3, 0.4) is 0 Å². The second-order valence-electron chi connectivity index (χ2n) is 8.00. The van der Waals surface area contributed by atoms with Gasteiger partial charge in [0.05, 0.1) is 13.2 Å². The van der Waals surface area contributed by atoms with Crippen molar-refractivity contribution in [3.63, 3.8) is 0 Å². The summed E-state index contributed by atoms with van der Waals surface area (Å²) < 4.78 is 33.5. The highest BCUT2D eigenvalue weighted by molar-refractivity contribution is 5.99. The van der Waals surface area contributed by atoms with Gasteiger partial charge in [-0.05, 0) is 12.5 Å². The summed E-state index contributed by atoms with van der Waals surface area (Å²) in [5.74, 6) is -3.71. The van der Waals surface area contributed by atoms with Gasteiger partial charge in [0.25, 0.3) is 11.8 Å². The highest BCUT2D eigenvalue weighted by Gasteiger charge is 2.40. The van der Waals surface area contributed by atoms with Gasteiger partial charge in [-0.2, -0.15) is 0 Å². The lowest BCUT2D eigenvalue weighted by Crippen LogP contribution is -2.61. The molecule has 1 atom stereocenters. The molecule has 2 aliphatic rings. The molecular weight excluding hydrogens is 438 g/mol. The van der Waals surface area contributed by atoms with E-state index >= 15 is 0 Å². The van der Waals surface area contributed by atoms with Gasteiger partial charge in [-0.15, -0.1) is 0 Å². The van der Waals surface area contributed by atoms with Crippen molar-refractivity contribution in [3.05, 3.63) is 63.1 Å². The fraction of sp³-hybridized carbons (Fsp3) is 0.409. The van der Waals surface area contributed by atoms with E-state index in [1.165, 1.54) is 16.8 Å². The maximum absolute atomic E-state index is 13.8. The van der Waals surface area contributed by atoms with Gasteiger partial charge in [-0.1, -0.05) is 6.07 Å². The highest BCUT2D eigenvalue weighted by Crippen LogP contribution is 2.27. The lowest BCUT2D eigenvalue weighted by Gasteiger charge is -2.47. The number of aromatic nitrogens is 1. The molecular formula is C22H24F2N4O5. The van der Waals surface area contributed by atoms with Gasteiger partial charge in [0.15, 0.2) is 11.4 Å². The molecule has 33 heavy (non-hydrogen) atoms. The van der Waals surface area contributed by atoms with Crippen molar-refractivity contribution < 1.29 is 28.2 Å². The van der Waals surface area contributed by atoms with Crippen molar-refractivity contribution in [1.29, 1.82) is 0 Å². The summed E-state index contributed by atoms with van der Waals surface area (Å²) in [7, 11) is 1.59. The van der Waals surface area contributed by atoms with Crippen LogP contribution in [-0.2, 0) is 17.8 Å². The molecule has 4 rings (SSSR count). The summed E-state index contributed by atoms with van der Waals surface area (Å²) in [4.78, 5) is 42.1. The number of carbonyl (C=O) groups is 2. The molecule has 1 aromatic heterocycles. The first-order chi connectivity index (χ1) is 15.8. The maximum atomic E-state index is 13.8. The standard InChI is InChI=1S/C22H24F2N4O5/c1-33-8-7-26-5-2-6-28-17(26)12-27-11-15(19(29)20(30)18(27)22(28)32)21(31)25-10-13-3-4-14(23)9-16(13)24/h3-4,9,11,17,30H,2,5-8,10,12H2,1H3,(H,25,31). The maximum Gasteiger partial charge on any atom is 0.275 e. The van der Waals surface area contributed by atoms with E-state index in [1.54, 1.807) is 12.0 Å². The molecule has 11 heteroatoms. The van der Waals surface area contributed by atoms with E-state index in [0.29, 0.717) is 25.8 Å². The van der Waals surface area contributed by atoms with Crippen molar-refractivity contribution in [2.45, 2.75) is 25.7 Å². The summed E-state index contributed by atoms with van der Waals surface area (Å²) in [5, 5.41) is 12.9. The van der Waals surface area contributed by atoms with Gasteiger partial charge < -0.3 is 24.6 Å². The SMILES string of the molecule is COCCN1CCCN2C(=O)c3c(O)c(=O)c(C(=O)NCc4ccc(F)cc4F)cn3CC12. The van der Waals surface area contributed by atoms with Gasteiger partial charge in [0.2, 0.25) is 5.43 Å². The first-order valence-electron chi connectivity index (χ1n) is 10.5. The number of rotatable bonds is 6. The number of benzene rings is 1. The van der Waals surface area contributed by atoms with E-state index in [1.807, 2.05) is 0 Å². The Labute approximate surface area is 188 Å². The molecule has 0 aliphatic carbocycles. The van der Waals surface area contributed by atoms with Crippen LogP contribution in [0.4, 0.5) is 8.78 Å². The molecule has 2 aliphatic heterocycles. The number of hydrogen-bond donors (Lipinski definition) is 2. The van der Waals surface area contributed by atoms with Crippen LogP contribution >= 0.6 is 0 Å². The van der Waals surface area contributed by atoms with Gasteiger partial charge in [0, 0.05) is 51.1 Å². The molecule has 176 valence electrons. The average molecular weight is 462 g/mol. The molecule has 9 nitrogen and oxygen atoms in total. The van der Waals surface area contributed by atoms with Crippen LogP contribution in [0.2, 0.25) is 0 Å². The van der Waals surface area contributed by atoms with Crippen LogP contribution in [-0.4, -0.2) is 70.8 Å². The predicted molar refractivity (Wildman–Crippen MR) is 113 cm³/mol. The quantitative estimate of drug-likeness (QED) is 0.661. The van der Waals surface area contributed by atoms with E-state index in [-0.39, 0.29) is 36.1 Å². The third kappa shape index (κ3) is 4.33. The van der Waals surface area contributed by atoms with Crippen LogP contribution < -0.4 is 10.7 Å². The fourth-order valence-corrected chi connectivity index (χ4v) is 4.29. The van der Waals surface area contributed by atoms with Crippen LogP contribution in [0.15, 0.2) is 29.2 Å². The predicted octanol–water partition coefficient (Wildman–Crippen LogP) is 0.896. The molecule has 1 unspecified atom stereocenters. The number of fused-ring (bicyclic) bond motifs is 2. The Morgan fingerprint density at radius 1 is 1.27 bits per heavy atom. The second kappa shape index (κ2) is 9.28. The number of pyridine rings is 1. The fourth-order valence-electron chi connectivity index (χ4n) is 4.29. The van der Waals surface area contributed by atoms with Crippen molar-refractivity contribution in [2.75, 3.05) is 33.4 Å². The third-order valence-electron chi connectivity index (χ3n) is 5.99. The summed E-state index contributed by atoms with van der Waals surface area (Å²) in [5.41, 5.74) is -1.49. The summed E-state index contributed by atoms with van der Waals surface area (Å²) in [6.45, 7) is 2.30. The second-order valence-corrected chi connectivity index (χ2v) is 8.00. The number of nitrogens with zero attached hydrogens (tertiary/aromatic N) is 3. The van der Waals surface area contributed by atoms with E-state index < -0.39 is 34.6 Å². The minimum Gasteiger partial charge on any atom is -0.503 e. The normalized spacial score (nSPS) is 18.1. The van der Waals surface area contributed by atoms with Gasteiger partial charge in [-0.25, -0.2) is 8.78 Å². The molecule has 1 fully saturated rings. The minimum atomic E-state index is -0.988. The third-order valence-corrected chi connectivity index (χ3v) is 5.99. The van der Waals surface area contributed by atoms with Crippen molar-refractivity contribution in [1.82, 2.24) is 19.7 Å². The Hall–Kier alpha value is -3.31. The zero-order valence-electron chi connectivity index (χ0n) is 18.0. The highest BCUT2D eigenvalue weighted by atomic mass is 19.1. The molecule has 1 aromatic carbocycles. The van der Waals surface area contributed by atoms with Crippen molar-refractivity contribution >= 4 is 11.8 Å². The van der Waals surface area contributed by atoms with Crippen molar-refractivity contribution in [3.8, 4) is 5.75 Å². The van der Waals surface area contributed by atoms with E-state index in [9.17, 15) is 28.3 Å². The molecule has 0 spiro atoms. The first kappa shape index (κ1) is 22.9.